The fourth-order valence-electron chi connectivity index (χ4n) is 12.3. The van der Waals surface area contributed by atoms with Crippen LogP contribution in [0.4, 0.5) is 5.95 Å². The Labute approximate surface area is 351 Å². The Kier molecular flexibility index (Phi) is 9.18. The number of hydrogen-bond donors (Lipinski definition) is 2. The largest absolute Gasteiger partial charge is 0.508 e. The Morgan fingerprint density at radius 1 is 0.917 bits per heavy atom. The third-order valence-electron chi connectivity index (χ3n) is 15.5. The molecule has 12 heteroatoms. The molecule has 1 saturated carbocycles. The molecule has 1 aromatic heterocycles. The number of ether oxygens (including phenoxy) is 1. The second-order valence-corrected chi connectivity index (χ2v) is 19.3. The molecule has 0 radical (unpaired) electrons. The van der Waals surface area contributed by atoms with Crippen LogP contribution in [0.5, 0.6) is 5.75 Å². The third-order valence-corrected chi connectivity index (χ3v) is 15.5. The van der Waals surface area contributed by atoms with Crippen molar-refractivity contribution < 1.29 is 24.2 Å². The van der Waals surface area contributed by atoms with Crippen LogP contribution in [0.15, 0.2) is 83.8 Å². The van der Waals surface area contributed by atoms with E-state index in [9.17, 15) is 19.5 Å². The van der Waals surface area contributed by atoms with Crippen molar-refractivity contribution in [3.05, 3.63) is 106 Å². The Hall–Kier alpha value is -5.07. The maximum atomic E-state index is 13.6. The number of carbonyl (C=O) groups is 3. The van der Waals surface area contributed by atoms with Crippen LogP contribution in [0.3, 0.4) is 0 Å². The number of phenols is 1. The SMILES string of the molecule is CC12CC3=C(C=C1N1CCN(CC4CCC5(CC4)CN(c4ncc([C@H]6c7ccc(O)cc7CC[C@H]6c6ccccc6)cn4)C5)C[C@H]1CO2)CN([C@H]1CCC(=O)NC1=O)C3=O. The first-order chi connectivity index (χ1) is 29.1. The lowest BCUT2D eigenvalue weighted by Crippen LogP contribution is -2.62. The number of piperazine rings is 1. The molecule has 3 aliphatic carbocycles. The van der Waals surface area contributed by atoms with Crippen LogP contribution >= 0.6 is 0 Å². The van der Waals surface area contributed by atoms with Crippen molar-refractivity contribution >= 4 is 23.7 Å². The number of rotatable bonds is 6. The molecule has 11 rings (SSSR count). The fourth-order valence-corrected chi connectivity index (χ4v) is 12.3. The average molecular weight is 810 g/mol. The minimum absolute atomic E-state index is 0.0971. The highest BCUT2D eigenvalue weighted by molar-refractivity contribution is 6.05. The molecule has 2 N–H and O–H groups in total. The number of morpholine rings is 1. The maximum Gasteiger partial charge on any atom is 0.251 e. The van der Waals surface area contributed by atoms with E-state index >= 15 is 0 Å². The lowest BCUT2D eigenvalue weighted by molar-refractivity contribution is -0.143. The van der Waals surface area contributed by atoms with Crippen molar-refractivity contribution in [2.45, 2.75) is 94.2 Å². The van der Waals surface area contributed by atoms with E-state index in [1.807, 2.05) is 12.1 Å². The zero-order valence-electron chi connectivity index (χ0n) is 34.5. The van der Waals surface area contributed by atoms with E-state index in [4.69, 9.17) is 14.7 Å². The first-order valence-corrected chi connectivity index (χ1v) is 22.3. The van der Waals surface area contributed by atoms with Gasteiger partial charge >= 0.3 is 0 Å². The van der Waals surface area contributed by atoms with Crippen LogP contribution in [0.2, 0.25) is 0 Å². The summed E-state index contributed by atoms with van der Waals surface area (Å²) in [5.41, 5.74) is 7.66. The maximum absolute atomic E-state index is 13.6. The molecule has 1 spiro atoms. The molecule has 3 amide bonds. The molecule has 2 aromatic carbocycles. The van der Waals surface area contributed by atoms with Gasteiger partial charge in [-0.2, -0.15) is 0 Å². The monoisotopic (exact) mass is 809 g/mol. The number of hydrogen-bond acceptors (Lipinski definition) is 10. The van der Waals surface area contributed by atoms with Gasteiger partial charge in [0.1, 0.15) is 17.4 Å². The number of phenolic OH excluding ortho intramolecular Hbond substituents is 1. The van der Waals surface area contributed by atoms with Gasteiger partial charge in [-0.05, 0) is 110 Å². The summed E-state index contributed by atoms with van der Waals surface area (Å²) < 4.78 is 6.64. The van der Waals surface area contributed by atoms with E-state index in [0.717, 1.165) is 74.8 Å². The number of aryl methyl sites for hydroxylation is 1. The minimum Gasteiger partial charge on any atom is -0.508 e. The third kappa shape index (κ3) is 6.52. The second kappa shape index (κ2) is 14.5. The average Bonchev–Trinajstić information content (AvgIpc) is 3.55. The van der Waals surface area contributed by atoms with Gasteiger partial charge in [0.25, 0.3) is 5.91 Å². The number of aromatic nitrogens is 2. The molecule has 0 bridgehead atoms. The highest BCUT2D eigenvalue weighted by atomic mass is 16.5. The van der Waals surface area contributed by atoms with E-state index < -0.39 is 11.6 Å². The Morgan fingerprint density at radius 2 is 1.72 bits per heavy atom. The van der Waals surface area contributed by atoms with E-state index in [1.54, 1.807) is 4.90 Å². The van der Waals surface area contributed by atoms with Gasteiger partial charge in [0, 0.05) is 93.7 Å². The van der Waals surface area contributed by atoms with Crippen molar-refractivity contribution in [1.82, 2.24) is 30.0 Å². The molecule has 12 nitrogen and oxygen atoms in total. The summed E-state index contributed by atoms with van der Waals surface area (Å²) in [5.74, 6) is 1.60. The number of carbonyl (C=O) groups excluding carboxylic acids is 3. The summed E-state index contributed by atoms with van der Waals surface area (Å²) in [6, 6.07) is 16.3. The van der Waals surface area contributed by atoms with Gasteiger partial charge in [-0.3, -0.25) is 24.6 Å². The van der Waals surface area contributed by atoms with E-state index in [1.165, 1.54) is 48.1 Å². The summed E-state index contributed by atoms with van der Waals surface area (Å²) in [7, 11) is 0. The number of aromatic hydroxyl groups is 1. The Bertz CT molecular complexity index is 2280. The highest BCUT2D eigenvalue weighted by Crippen LogP contribution is 2.50. The van der Waals surface area contributed by atoms with Gasteiger partial charge in [-0.15, -0.1) is 0 Å². The lowest BCUT2D eigenvalue weighted by atomic mass is 9.66. The molecule has 5 fully saturated rings. The summed E-state index contributed by atoms with van der Waals surface area (Å²) in [5, 5.41) is 12.7. The van der Waals surface area contributed by atoms with Gasteiger partial charge in [-0.1, -0.05) is 36.4 Å². The minimum atomic E-state index is -0.603. The predicted octanol–water partition coefficient (Wildman–Crippen LogP) is 5.05. The van der Waals surface area contributed by atoms with Gasteiger partial charge in [0.15, 0.2) is 0 Å². The molecule has 60 heavy (non-hydrogen) atoms. The highest BCUT2D eigenvalue weighted by Gasteiger charge is 2.51. The number of fused-ring (bicyclic) bond motifs is 4. The number of piperidine rings is 1. The van der Waals surface area contributed by atoms with Crippen LogP contribution < -0.4 is 10.2 Å². The van der Waals surface area contributed by atoms with Crippen molar-refractivity contribution in [3.63, 3.8) is 0 Å². The number of amides is 3. The smallest absolute Gasteiger partial charge is 0.251 e. The summed E-state index contributed by atoms with van der Waals surface area (Å²) in [6.07, 6.45) is 14.4. The topological polar surface area (TPSA) is 131 Å². The zero-order chi connectivity index (χ0) is 40.8. The standard InChI is InChI=1S/C48H55N7O5/c1-47-21-39-33(25-55(45(39)59)40-11-12-42(57)51-44(40)58)20-41(47)54-18-17-52(26-35(54)27-60-47)24-30-13-15-48(16-14-30)28-53(29-48)46-49-22-34(23-50-46)43-37(31-5-3-2-4-6-31)9-7-32-19-36(56)8-10-38(32)43/h2-6,8,10,19-20,22-23,30,35,37,40,43,56H,7,9,11-18,21,24-29H2,1H3,(H,51,57,58)/t35-,37-,40-,43+,47?/m0/s1. The van der Waals surface area contributed by atoms with E-state index in [0.29, 0.717) is 49.0 Å². The van der Waals surface area contributed by atoms with Crippen molar-refractivity contribution in [2.24, 2.45) is 11.3 Å². The molecule has 3 aromatic rings. The Morgan fingerprint density at radius 3 is 2.50 bits per heavy atom. The van der Waals surface area contributed by atoms with Gasteiger partial charge in [0.2, 0.25) is 17.8 Å². The molecule has 4 saturated heterocycles. The summed E-state index contributed by atoms with van der Waals surface area (Å²) in [4.78, 5) is 57.2. The van der Waals surface area contributed by atoms with Crippen molar-refractivity contribution in [1.29, 1.82) is 0 Å². The zero-order valence-corrected chi connectivity index (χ0v) is 34.5. The van der Waals surface area contributed by atoms with E-state index in [-0.39, 0.29) is 36.1 Å². The van der Waals surface area contributed by atoms with Crippen LogP contribution in [0.25, 0.3) is 0 Å². The van der Waals surface area contributed by atoms with Crippen molar-refractivity contribution in [3.8, 4) is 5.75 Å². The molecular formula is C48H55N7O5. The Balaban J connectivity index is 0.689. The van der Waals surface area contributed by atoms with Gasteiger partial charge < -0.3 is 24.5 Å². The first kappa shape index (κ1) is 37.9. The van der Waals surface area contributed by atoms with Crippen LogP contribution in [0.1, 0.15) is 92.4 Å². The predicted molar refractivity (Wildman–Crippen MR) is 225 cm³/mol. The van der Waals surface area contributed by atoms with Crippen LogP contribution in [-0.2, 0) is 25.5 Å². The molecule has 1 unspecified atom stereocenters. The lowest BCUT2D eigenvalue weighted by Gasteiger charge is -2.55. The molecule has 5 atom stereocenters. The summed E-state index contributed by atoms with van der Waals surface area (Å²) >= 11 is 0. The van der Waals surface area contributed by atoms with Gasteiger partial charge in [-0.25, -0.2) is 9.97 Å². The molecule has 8 aliphatic rings. The quantitative estimate of drug-likeness (QED) is 0.327. The molecule has 312 valence electrons. The van der Waals surface area contributed by atoms with E-state index in [2.05, 4.69) is 81.8 Å². The second-order valence-electron chi connectivity index (χ2n) is 19.3. The molecular weight excluding hydrogens is 755 g/mol. The molecule has 5 aliphatic heterocycles. The summed E-state index contributed by atoms with van der Waals surface area (Å²) in [6.45, 7) is 9.27. The van der Waals surface area contributed by atoms with Gasteiger partial charge in [0.05, 0.1) is 12.6 Å². The van der Waals surface area contributed by atoms with Crippen molar-refractivity contribution in [2.75, 3.05) is 57.3 Å². The number of benzene rings is 2. The van der Waals surface area contributed by atoms with Crippen LogP contribution in [-0.4, -0.2) is 118 Å². The first-order valence-electron chi connectivity index (χ1n) is 22.3. The normalized spacial score (nSPS) is 30.3. The fraction of sp³-hybridized carbons (Fsp3) is 0.521. The number of anilines is 1. The van der Waals surface area contributed by atoms with Crippen LogP contribution in [0, 0.1) is 11.3 Å². The molecule has 6 heterocycles. The number of nitrogens with one attached hydrogen (secondary N) is 1. The number of imide groups is 1. The number of nitrogens with zero attached hydrogens (tertiary/aromatic N) is 6.